The van der Waals surface area contributed by atoms with E-state index in [1.807, 2.05) is 0 Å². The smallest absolute Gasteiger partial charge is 0.306 e. The summed E-state index contributed by atoms with van der Waals surface area (Å²) in [5.41, 5.74) is 0. The first-order valence-corrected chi connectivity index (χ1v) is 33.1. The molecule has 1 saturated carbocycles. The number of carbonyl (C=O) groups is 4. The van der Waals surface area contributed by atoms with Crippen molar-refractivity contribution in [3.8, 4) is 0 Å². The molecule has 0 bridgehead atoms. The molecule has 1 heterocycles. The van der Waals surface area contributed by atoms with Crippen molar-refractivity contribution in [1.82, 2.24) is 0 Å². The van der Waals surface area contributed by atoms with Gasteiger partial charge in [-0.15, -0.1) is 0 Å². The fourth-order valence-electron chi connectivity index (χ4n) is 10.5. The van der Waals surface area contributed by atoms with E-state index >= 15 is 0 Å². The molecule has 0 spiro atoms. The van der Waals surface area contributed by atoms with Crippen LogP contribution in [0.2, 0.25) is 0 Å². The molecule has 0 N–H and O–H groups in total. The third kappa shape index (κ3) is 33.8. The maximum Gasteiger partial charge on any atom is 0.306 e. The average Bonchev–Trinajstić information content (AvgIpc) is 3.87. The van der Waals surface area contributed by atoms with Gasteiger partial charge in [-0.2, -0.15) is 0 Å². The second-order valence-electron chi connectivity index (χ2n) is 22.4. The minimum atomic E-state index is -3.25. The van der Waals surface area contributed by atoms with Gasteiger partial charge < -0.3 is 28.4 Å². The number of ether oxygens (including phenoxy) is 6. The third-order valence-electron chi connectivity index (χ3n) is 15.3. The van der Waals surface area contributed by atoms with Crippen molar-refractivity contribution < 1.29 is 56.0 Å². The molecule has 13 heteroatoms. The lowest BCUT2D eigenvalue weighted by molar-refractivity contribution is -0.310. The van der Waals surface area contributed by atoms with Crippen LogP contribution >= 0.6 is 0 Å². The minimum Gasteiger partial charge on any atom is -0.463 e. The molecule has 1 aliphatic heterocycles. The van der Waals surface area contributed by atoms with Crippen LogP contribution in [-0.4, -0.2) is 87.7 Å². The Morgan fingerprint density at radius 2 is 0.730 bits per heavy atom. The summed E-state index contributed by atoms with van der Waals surface area (Å²) in [6.45, 7) is 8.67. The number of carbonyl (C=O) groups excluding carboxylic acids is 4. The highest BCUT2D eigenvalue weighted by Gasteiger charge is 2.53. The standard InChI is InChI=1S/C61H112O12S/c1-6-10-14-18-22-26-30-34-38-42-54(62)68-50-53-58(71-55(63)43-39-35-31-27-23-19-15-11-7-2)59(72-56(64)44-40-36-32-28-24-20-16-12-8-3)60(73-57(65)45-41-37-33-29-25-21-17-13-9-4)61(70-53)69-49-51-46-47-52(48-51)74(5,66)67/h51-53,58-61H,6-50H2,1-5H3/t51?,52?,53-,58+,59+,60-,61-/m1/s1. The Morgan fingerprint density at radius 1 is 0.405 bits per heavy atom. The highest BCUT2D eigenvalue weighted by Crippen LogP contribution is 2.35. The molecule has 0 amide bonds. The molecule has 12 nitrogen and oxygen atoms in total. The molecular weight excluding hydrogens is 957 g/mol. The van der Waals surface area contributed by atoms with Gasteiger partial charge in [0.25, 0.3) is 0 Å². The van der Waals surface area contributed by atoms with Gasteiger partial charge in [-0.3, -0.25) is 19.2 Å². The highest BCUT2D eigenvalue weighted by atomic mass is 32.2. The molecule has 1 aliphatic carbocycles. The van der Waals surface area contributed by atoms with E-state index in [0.717, 1.165) is 77.0 Å². The Kier molecular flexibility index (Phi) is 41.0. The van der Waals surface area contributed by atoms with Gasteiger partial charge in [-0.05, 0) is 50.9 Å². The first kappa shape index (κ1) is 67.9. The highest BCUT2D eigenvalue weighted by molar-refractivity contribution is 7.91. The predicted molar refractivity (Wildman–Crippen MR) is 299 cm³/mol. The van der Waals surface area contributed by atoms with Crippen molar-refractivity contribution in [2.75, 3.05) is 19.5 Å². The van der Waals surface area contributed by atoms with Crippen LogP contribution in [0, 0.1) is 5.92 Å². The molecule has 434 valence electrons. The molecule has 0 aromatic heterocycles. The van der Waals surface area contributed by atoms with E-state index in [4.69, 9.17) is 28.4 Å². The largest absolute Gasteiger partial charge is 0.463 e. The number of esters is 4. The quantitative estimate of drug-likeness (QED) is 0.0323. The molecule has 0 aromatic carbocycles. The summed E-state index contributed by atoms with van der Waals surface area (Å²) in [6.07, 6.45) is 36.4. The van der Waals surface area contributed by atoms with Gasteiger partial charge in [0.05, 0.1) is 11.9 Å². The van der Waals surface area contributed by atoms with Crippen molar-refractivity contribution in [3.63, 3.8) is 0 Å². The Hall–Kier alpha value is -2.25. The molecule has 74 heavy (non-hydrogen) atoms. The van der Waals surface area contributed by atoms with Gasteiger partial charge in [0, 0.05) is 31.9 Å². The first-order chi connectivity index (χ1) is 35.9. The summed E-state index contributed by atoms with van der Waals surface area (Å²) < 4.78 is 63.0. The monoisotopic (exact) mass is 1070 g/mol. The molecule has 0 aromatic rings. The SMILES string of the molecule is CCCCCCCCCCCC(=O)OC[C@H]1O[C@@H](OCC2CCC(S(C)(=O)=O)C2)[C@H](OC(=O)CCCCCCCCCCC)[C@@H](OC(=O)CCCCCCCCCCC)[C@H]1OC(=O)CCCCCCCCCCC. The Morgan fingerprint density at radius 3 is 1.08 bits per heavy atom. The van der Waals surface area contributed by atoms with Crippen LogP contribution in [0.3, 0.4) is 0 Å². The van der Waals surface area contributed by atoms with E-state index in [1.54, 1.807) is 0 Å². The lowest BCUT2D eigenvalue weighted by atomic mass is 9.97. The van der Waals surface area contributed by atoms with Gasteiger partial charge in [-0.1, -0.05) is 233 Å². The molecular formula is C61H112O12S. The third-order valence-corrected chi connectivity index (χ3v) is 17.0. The van der Waals surface area contributed by atoms with Gasteiger partial charge in [-0.25, -0.2) is 8.42 Å². The second kappa shape index (κ2) is 44.7. The summed E-state index contributed by atoms with van der Waals surface area (Å²) in [6, 6.07) is 0. The zero-order chi connectivity index (χ0) is 53.9. The Bertz CT molecular complexity index is 1520. The Balaban J connectivity index is 2.37. The zero-order valence-electron chi connectivity index (χ0n) is 48.2. The molecule has 2 fully saturated rings. The molecule has 2 aliphatic rings. The van der Waals surface area contributed by atoms with E-state index in [-0.39, 0.29) is 44.8 Å². The molecule has 2 rings (SSSR count). The van der Waals surface area contributed by atoms with Crippen molar-refractivity contribution in [2.24, 2.45) is 5.92 Å². The van der Waals surface area contributed by atoms with Gasteiger partial charge in [0.1, 0.15) is 22.5 Å². The van der Waals surface area contributed by atoms with E-state index < -0.39 is 69.7 Å². The minimum absolute atomic E-state index is 0.107. The number of hydrogen-bond donors (Lipinski definition) is 0. The number of unbranched alkanes of at least 4 members (excludes halogenated alkanes) is 32. The van der Waals surface area contributed by atoms with Crippen LogP contribution in [-0.2, 0) is 57.4 Å². The van der Waals surface area contributed by atoms with Crippen molar-refractivity contribution in [2.45, 2.75) is 340 Å². The summed E-state index contributed by atoms with van der Waals surface area (Å²) in [5, 5.41) is -0.476. The molecule has 2 unspecified atom stereocenters. The van der Waals surface area contributed by atoms with Crippen LogP contribution in [0.1, 0.15) is 304 Å². The van der Waals surface area contributed by atoms with E-state index in [2.05, 4.69) is 27.7 Å². The van der Waals surface area contributed by atoms with Crippen molar-refractivity contribution in [3.05, 3.63) is 0 Å². The van der Waals surface area contributed by atoms with E-state index in [1.165, 1.54) is 135 Å². The van der Waals surface area contributed by atoms with Crippen molar-refractivity contribution in [1.29, 1.82) is 0 Å². The molecule has 1 saturated heterocycles. The second-order valence-corrected chi connectivity index (χ2v) is 24.7. The van der Waals surface area contributed by atoms with Crippen LogP contribution < -0.4 is 0 Å². The number of rotatable bonds is 49. The van der Waals surface area contributed by atoms with Crippen LogP contribution in [0.25, 0.3) is 0 Å². The zero-order valence-corrected chi connectivity index (χ0v) is 49.0. The van der Waals surface area contributed by atoms with Crippen LogP contribution in [0.4, 0.5) is 0 Å². The summed E-state index contributed by atoms with van der Waals surface area (Å²) in [4.78, 5) is 55.1. The average molecular weight is 1070 g/mol. The van der Waals surface area contributed by atoms with Crippen molar-refractivity contribution >= 4 is 33.7 Å². The number of sulfone groups is 1. The van der Waals surface area contributed by atoms with Crippen LogP contribution in [0.5, 0.6) is 0 Å². The topological polar surface area (TPSA) is 158 Å². The first-order valence-electron chi connectivity index (χ1n) is 31.1. The lowest BCUT2D eigenvalue weighted by Gasteiger charge is -2.44. The summed E-state index contributed by atoms with van der Waals surface area (Å²) in [7, 11) is -3.25. The van der Waals surface area contributed by atoms with Gasteiger partial charge in [0.2, 0.25) is 0 Å². The van der Waals surface area contributed by atoms with Crippen LogP contribution in [0.15, 0.2) is 0 Å². The molecule has 7 atom stereocenters. The predicted octanol–water partition coefficient (Wildman–Crippen LogP) is 15.9. The normalized spacial score (nSPS) is 20.9. The lowest BCUT2D eigenvalue weighted by Crippen LogP contribution is -2.63. The summed E-state index contributed by atoms with van der Waals surface area (Å²) >= 11 is 0. The maximum absolute atomic E-state index is 14.0. The maximum atomic E-state index is 14.0. The molecule has 0 radical (unpaired) electrons. The number of hydrogen-bond acceptors (Lipinski definition) is 12. The van der Waals surface area contributed by atoms with E-state index in [9.17, 15) is 27.6 Å². The Labute approximate surface area is 453 Å². The van der Waals surface area contributed by atoms with Gasteiger partial charge >= 0.3 is 23.9 Å². The summed E-state index contributed by atoms with van der Waals surface area (Å²) in [5.74, 6) is -2.02. The fraction of sp³-hybridized carbons (Fsp3) is 0.934. The van der Waals surface area contributed by atoms with Gasteiger partial charge in [0.15, 0.2) is 24.6 Å². The fourth-order valence-corrected chi connectivity index (χ4v) is 11.7. The van der Waals surface area contributed by atoms with E-state index in [0.29, 0.717) is 44.9 Å².